The van der Waals surface area contributed by atoms with Gasteiger partial charge in [0, 0.05) is 6.04 Å². The van der Waals surface area contributed by atoms with Gasteiger partial charge in [-0.25, -0.2) is 0 Å². The summed E-state index contributed by atoms with van der Waals surface area (Å²) >= 11 is 0. The molecule has 2 atom stereocenters. The maximum atomic E-state index is 3.50. The van der Waals surface area contributed by atoms with E-state index in [1.165, 1.54) is 24.8 Å². The van der Waals surface area contributed by atoms with Crippen molar-refractivity contribution in [1.29, 1.82) is 0 Å². The summed E-state index contributed by atoms with van der Waals surface area (Å²) in [6.07, 6.45) is 4.20. The molecule has 0 radical (unpaired) electrons. The maximum absolute atomic E-state index is 3.50. The normalized spacial score (nSPS) is 19.7. The molecule has 1 aromatic rings. The lowest BCUT2D eigenvalue weighted by atomic mass is 9.79. The third-order valence-electron chi connectivity index (χ3n) is 4.31. The van der Waals surface area contributed by atoms with Crippen molar-refractivity contribution >= 4 is 0 Å². The zero-order chi connectivity index (χ0) is 12.3. The highest BCUT2D eigenvalue weighted by atomic mass is 14.9. The van der Waals surface area contributed by atoms with Crippen LogP contribution in [0.25, 0.3) is 0 Å². The molecule has 1 aliphatic rings. The Morgan fingerprint density at radius 1 is 1.18 bits per heavy atom. The third kappa shape index (κ3) is 2.90. The highest BCUT2D eigenvalue weighted by Crippen LogP contribution is 2.36. The first-order valence-electron chi connectivity index (χ1n) is 7.05. The van der Waals surface area contributed by atoms with Crippen LogP contribution in [0.2, 0.25) is 0 Å². The summed E-state index contributed by atoms with van der Waals surface area (Å²) in [6, 6.07) is 9.88. The quantitative estimate of drug-likeness (QED) is 0.806. The molecule has 1 N–H and O–H groups in total. The van der Waals surface area contributed by atoms with E-state index in [1.54, 1.807) is 5.56 Å². The number of hydrogen-bond acceptors (Lipinski definition) is 1. The van der Waals surface area contributed by atoms with Gasteiger partial charge in [-0.15, -0.1) is 0 Å². The van der Waals surface area contributed by atoms with Gasteiger partial charge >= 0.3 is 0 Å². The summed E-state index contributed by atoms with van der Waals surface area (Å²) in [7, 11) is 0. The summed E-state index contributed by atoms with van der Waals surface area (Å²) in [5.74, 6) is 1.44. The molecule has 1 saturated carbocycles. The second kappa shape index (κ2) is 5.68. The molecule has 0 saturated heterocycles. The van der Waals surface area contributed by atoms with Gasteiger partial charge in [-0.05, 0) is 49.3 Å². The first-order chi connectivity index (χ1) is 8.22. The molecular weight excluding hydrogens is 206 g/mol. The Hall–Kier alpha value is -0.820. The van der Waals surface area contributed by atoms with E-state index >= 15 is 0 Å². The predicted molar refractivity (Wildman–Crippen MR) is 74.6 cm³/mol. The largest absolute Gasteiger partial charge is 0.314 e. The van der Waals surface area contributed by atoms with Crippen molar-refractivity contribution in [2.24, 2.45) is 0 Å². The molecule has 0 amide bonds. The summed E-state index contributed by atoms with van der Waals surface area (Å²) in [6.45, 7) is 7.80. The van der Waals surface area contributed by atoms with Crippen LogP contribution < -0.4 is 5.32 Å². The summed E-state index contributed by atoms with van der Waals surface area (Å²) < 4.78 is 0. The summed E-state index contributed by atoms with van der Waals surface area (Å²) in [4.78, 5) is 0. The Bertz CT molecular complexity index is 337. The lowest BCUT2D eigenvalue weighted by Gasteiger charge is -2.27. The van der Waals surface area contributed by atoms with E-state index in [4.69, 9.17) is 0 Å². The molecule has 0 heterocycles. The van der Waals surface area contributed by atoms with Gasteiger partial charge in [0.2, 0.25) is 0 Å². The van der Waals surface area contributed by atoms with E-state index in [1.807, 2.05) is 0 Å². The van der Waals surface area contributed by atoms with Gasteiger partial charge in [0.15, 0.2) is 0 Å². The van der Waals surface area contributed by atoms with Crippen molar-refractivity contribution in [3.63, 3.8) is 0 Å². The van der Waals surface area contributed by atoms with E-state index in [0.29, 0.717) is 12.0 Å². The van der Waals surface area contributed by atoms with Crippen molar-refractivity contribution in [2.75, 3.05) is 6.54 Å². The fraction of sp³-hybridized carbons (Fsp3) is 0.625. The van der Waals surface area contributed by atoms with Crippen LogP contribution in [0.5, 0.6) is 0 Å². The number of rotatable bonds is 5. The standard InChI is InChI=1S/C16H25N/c1-4-17-13(3)12(2)14-8-10-16(11-9-14)15-6-5-7-15/h8-13,15,17H,4-7H2,1-3H3. The maximum Gasteiger partial charge on any atom is 0.0105 e. The van der Waals surface area contributed by atoms with Crippen LogP contribution >= 0.6 is 0 Å². The van der Waals surface area contributed by atoms with E-state index in [0.717, 1.165) is 12.5 Å². The molecule has 17 heavy (non-hydrogen) atoms. The van der Waals surface area contributed by atoms with Gasteiger partial charge in [0.25, 0.3) is 0 Å². The molecule has 2 unspecified atom stereocenters. The Morgan fingerprint density at radius 3 is 2.29 bits per heavy atom. The van der Waals surface area contributed by atoms with Gasteiger partial charge in [-0.3, -0.25) is 0 Å². The average Bonchev–Trinajstić information content (AvgIpc) is 2.27. The second-order valence-electron chi connectivity index (χ2n) is 5.43. The number of benzene rings is 1. The average molecular weight is 231 g/mol. The van der Waals surface area contributed by atoms with Gasteiger partial charge in [-0.2, -0.15) is 0 Å². The Morgan fingerprint density at radius 2 is 1.82 bits per heavy atom. The van der Waals surface area contributed by atoms with Crippen molar-refractivity contribution < 1.29 is 0 Å². The Kier molecular flexibility index (Phi) is 4.22. The number of nitrogens with one attached hydrogen (secondary N) is 1. The van der Waals surface area contributed by atoms with Crippen molar-refractivity contribution in [3.8, 4) is 0 Å². The molecule has 0 bridgehead atoms. The Balaban J connectivity index is 2.01. The van der Waals surface area contributed by atoms with E-state index < -0.39 is 0 Å². The lowest BCUT2D eigenvalue weighted by Crippen LogP contribution is -2.30. The molecule has 0 aliphatic heterocycles. The van der Waals surface area contributed by atoms with Gasteiger partial charge < -0.3 is 5.32 Å². The molecular formula is C16H25N. The van der Waals surface area contributed by atoms with Crippen LogP contribution in [0.1, 0.15) is 63.0 Å². The molecule has 1 aliphatic carbocycles. The van der Waals surface area contributed by atoms with Gasteiger partial charge in [0.1, 0.15) is 0 Å². The van der Waals surface area contributed by atoms with E-state index in [2.05, 4.69) is 50.4 Å². The van der Waals surface area contributed by atoms with Gasteiger partial charge in [-0.1, -0.05) is 44.5 Å². The number of likely N-dealkylation sites (N-methyl/N-ethyl adjacent to an activating group) is 1. The molecule has 1 heteroatoms. The smallest absolute Gasteiger partial charge is 0.0105 e. The fourth-order valence-electron chi connectivity index (χ4n) is 2.60. The van der Waals surface area contributed by atoms with Crippen molar-refractivity contribution in [3.05, 3.63) is 35.4 Å². The highest BCUT2D eigenvalue weighted by molar-refractivity contribution is 5.29. The monoisotopic (exact) mass is 231 g/mol. The molecule has 1 fully saturated rings. The fourth-order valence-corrected chi connectivity index (χ4v) is 2.60. The third-order valence-corrected chi connectivity index (χ3v) is 4.31. The minimum atomic E-state index is 0.551. The number of hydrogen-bond donors (Lipinski definition) is 1. The minimum absolute atomic E-state index is 0.551. The highest BCUT2D eigenvalue weighted by Gasteiger charge is 2.20. The summed E-state index contributed by atoms with van der Waals surface area (Å²) in [5, 5.41) is 3.50. The van der Waals surface area contributed by atoms with Crippen LogP contribution in [-0.4, -0.2) is 12.6 Å². The van der Waals surface area contributed by atoms with Crippen molar-refractivity contribution in [1.82, 2.24) is 5.32 Å². The van der Waals surface area contributed by atoms with Crippen molar-refractivity contribution in [2.45, 2.75) is 57.9 Å². The zero-order valence-corrected chi connectivity index (χ0v) is 11.4. The molecule has 2 rings (SSSR count). The molecule has 94 valence electrons. The van der Waals surface area contributed by atoms with Crippen LogP contribution in [0.3, 0.4) is 0 Å². The molecule has 0 aromatic heterocycles. The second-order valence-corrected chi connectivity index (χ2v) is 5.43. The van der Waals surface area contributed by atoms with Crippen LogP contribution in [-0.2, 0) is 0 Å². The summed E-state index contributed by atoms with van der Waals surface area (Å²) in [5.41, 5.74) is 3.00. The minimum Gasteiger partial charge on any atom is -0.314 e. The van der Waals surface area contributed by atoms with Crippen LogP contribution in [0.15, 0.2) is 24.3 Å². The lowest BCUT2D eigenvalue weighted by molar-refractivity contribution is 0.419. The van der Waals surface area contributed by atoms with E-state index in [-0.39, 0.29) is 0 Å². The first-order valence-corrected chi connectivity index (χ1v) is 7.05. The molecule has 1 nitrogen and oxygen atoms in total. The first kappa shape index (κ1) is 12.6. The van der Waals surface area contributed by atoms with E-state index in [9.17, 15) is 0 Å². The zero-order valence-electron chi connectivity index (χ0n) is 11.4. The predicted octanol–water partition coefficient (Wildman–Crippen LogP) is 4.06. The van der Waals surface area contributed by atoms with Crippen LogP contribution in [0.4, 0.5) is 0 Å². The molecule has 0 spiro atoms. The molecule has 1 aromatic carbocycles. The topological polar surface area (TPSA) is 12.0 Å². The van der Waals surface area contributed by atoms with Gasteiger partial charge in [0.05, 0.1) is 0 Å². The SMILES string of the molecule is CCNC(C)C(C)c1ccc(C2CCC2)cc1. The van der Waals surface area contributed by atoms with Crippen LogP contribution in [0, 0.1) is 0 Å². The Labute approximate surface area is 106 Å².